The summed E-state index contributed by atoms with van der Waals surface area (Å²) in [6, 6.07) is 0. The van der Waals surface area contributed by atoms with Gasteiger partial charge in [0.15, 0.2) is 0 Å². The molecule has 4 nitrogen and oxygen atoms in total. The van der Waals surface area contributed by atoms with Crippen molar-refractivity contribution in [3.63, 3.8) is 0 Å². The maximum absolute atomic E-state index is 9.00. The smallest absolute Gasteiger partial charge is 0.300 e. The van der Waals surface area contributed by atoms with Gasteiger partial charge >= 0.3 is 0 Å². The predicted molar refractivity (Wildman–Crippen MR) is 49.5 cm³/mol. The summed E-state index contributed by atoms with van der Waals surface area (Å²) < 4.78 is 0. The Kier molecular flexibility index (Phi) is 11.6. The van der Waals surface area contributed by atoms with Crippen LogP contribution in [0, 0.1) is 0 Å². The van der Waals surface area contributed by atoms with Crippen LogP contribution in [-0.2, 0) is 4.79 Å². The Morgan fingerprint density at radius 2 is 2.08 bits per heavy atom. The quantitative estimate of drug-likeness (QED) is 0.332. The van der Waals surface area contributed by atoms with Crippen LogP contribution < -0.4 is 11.5 Å². The fourth-order valence-corrected chi connectivity index (χ4v) is 0.498. The molecule has 0 unspecified atom stereocenters. The van der Waals surface area contributed by atoms with Crippen molar-refractivity contribution >= 4 is 5.97 Å². The van der Waals surface area contributed by atoms with E-state index in [4.69, 9.17) is 21.4 Å². The Balaban J connectivity index is 0. The van der Waals surface area contributed by atoms with E-state index in [1.807, 2.05) is 6.08 Å². The third kappa shape index (κ3) is 35.4. The lowest BCUT2D eigenvalue weighted by Gasteiger charge is -2.00. The molecule has 0 amide bonds. The Bertz CT molecular complexity index is 120. The zero-order valence-corrected chi connectivity index (χ0v) is 7.49. The van der Waals surface area contributed by atoms with E-state index in [2.05, 4.69) is 6.58 Å². The Morgan fingerprint density at radius 3 is 2.33 bits per heavy atom. The topological polar surface area (TPSA) is 89.3 Å². The maximum Gasteiger partial charge on any atom is 0.300 e. The molecule has 0 saturated carbocycles. The summed E-state index contributed by atoms with van der Waals surface area (Å²) in [5, 5.41) is 7.42. The van der Waals surface area contributed by atoms with Crippen molar-refractivity contribution in [2.45, 2.75) is 32.4 Å². The van der Waals surface area contributed by atoms with Crippen LogP contribution in [0.2, 0.25) is 0 Å². The molecule has 0 fully saturated rings. The summed E-state index contributed by atoms with van der Waals surface area (Å²) in [6.45, 7) is 4.66. The highest BCUT2D eigenvalue weighted by atomic mass is 16.4. The van der Waals surface area contributed by atoms with Crippen molar-refractivity contribution in [3.8, 4) is 0 Å². The van der Waals surface area contributed by atoms with Crippen molar-refractivity contribution in [2.24, 2.45) is 11.5 Å². The second kappa shape index (κ2) is 10.1. The summed E-state index contributed by atoms with van der Waals surface area (Å²) in [5.41, 5.74) is 10.6. The third-order valence-electron chi connectivity index (χ3n) is 0.946. The van der Waals surface area contributed by atoms with E-state index in [1.165, 1.54) is 0 Å². The molecule has 5 N–H and O–H groups in total. The summed E-state index contributed by atoms with van der Waals surface area (Å²) in [5.74, 6) is -0.833. The van der Waals surface area contributed by atoms with E-state index in [0.717, 1.165) is 26.2 Å². The number of allylic oxidation sites excluding steroid dienone is 1. The number of hydrogen-bond acceptors (Lipinski definition) is 3. The normalized spacial score (nSPS) is 8.67. The van der Waals surface area contributed by atoms with Crippen LogP contribution in [0.25, 0.3) is 0 Å². The first-order chi connectivity index (χ1) is 5.50. The molecule has 0 bridgehead atoms. The van der Waals surface area contributed by atoms with Crippen molar-refractivity contribution in [3.05, 3.63) is 12.7 Å². The Hall–Kier alpha value is -0.870. The number of nitrogens with two attached hydrogens (primary N) is 2. The number of carbonyl (C=O) groups is 1. The molecule has 0 spiro atoms. The summed E-state index contributed by atoms with van der Waals surface area (Å²) in [7, 11) is 0. The lowest BCUT2D eigenvalue weighted by Crippen LogP contribution is -2.29. The highest BCUT2D eigenvalue weighted by Crippen LogP contribution is 1.94. The lowest BCUT2D eigenvalue weighted by molar-refractivity contribution is -0.134. The van der Waals surface area contributed by atoms with Gasteiger partial charge in [-0.05, 0) is 19.3 Å². The van der Waals surface area contributed by atoms with Gasteiger partial charge in [-0.1, -0.05) is 6.08 Å². The molecule has 0 heterocycles. The number of rotatable bonds is 4. The average molecular weight is 174 g/mol. The molecular formula is C8H18N2O2. The van der Waals surface area contributed by atoms with Gasteiger partial charge in [-0.25, -0.2) is 0 Å². The van der Waals surface area contributed by atoms with Gasteiger partial charge in [0.25, 0.3) is 5.97 Å². The van der Waals surface area contributed by atoms with E-state index in [1.54, 1.807) is 0 Å². The Morgan fingerprint density at radius 1 is 1.67 bits per heavy atom. The van der Waals surface area contributed by atoms with Crippen LogP contribution in [0.5, 0.6) is 0 Å². The molecule has 0 aliphatic rings. The maximum atomic E-state index is 9.00. The second-order valence-electron chi connectivity index (χ2n) is 2.40. The molecule has 0 atom stereocenters. The van der Waals surface area contributed by atoms with Crippen LogP contribution in [0.4, 0.5) is 0 Å². The molecule has 0 aliphatic heterocycles. The third-order valence-corrected chi connectivity index (χ3v) is 0.946. The fraction of sp³-hybridized carbons (Fsp3) is 0.625. The summed E-state index contributed by atoms with van der Waals surface area (Å²) in [6.07, 6.45) is 4.70. The molecule has 0 saturated heterocycles. The number of aliphatic carboxylic acids is 1. The monoisotopic (exact) mass is 174 g/mol. The number of carboxylic acids is 1. The van der Waals surface area contributed by atoms with Gasteiger partial charge in [0.1, 0.15) is 0 Å². The van der Waals surface area contributed by atoms with Gasteiger partial charge in [-0.15, -0.1) is 6.58 Å². The van der Waals surface area contributed by atoms with Crippen molar-refractivity contribution in [1.82, 2.24) is 0 Å². The molecule has 12 heavy (non-hydrogen) atoms. The minimum absolute atomic E-state index is 0.144. The lowest BCUT2D eigenvalue weighted by atomic mass is 10.2. The summed E-state index contributed by atoms with van der Waals surface area (Å²) in [4.78, 5) is 9.00. The summed E-state index contributed by atoms with van der Waals surface area (Å²) >= 11 is 0. The van der Waals surface area contributed by atoms with E-state index in [0.29, 0.717) is 0 Å². The molecule has 4 heteroatoms. The van der Waals surface area contributed by atoms with Crippen molar-refractivity contribution in [2.75, 3.05) is 0 Å². The van der Waals surface area contributed by atoms with E-state index < -0.39 is 5.97 Å². The highest BCUT2D eigenvalue weighted by Gasteiger charge is 1.89. The second-order valence-corrected chi connectivity index (χ2v) is 2.40. The zero-order chi connectivity index (χ0) is 9.98. The van der Waals surface area contributed by atoms with E-state index >= 15 is 0 Å². The molecule has 72 valence electrons. The first-order valence-corrected chi connectivity index (χ1v) is 3.82. The van der Waals surface area contributed by atoms with Gasteiger partial charge in [0, 0.05) is 6.92 Å². The fourth-order valence-electron chi connectivity index (χ4n) is 0.498. The van der Waals surface area contributed by atoms with Gasteiger partial charge in [0.2, 0.25) is 0 Å². The Labute approximate surface area is 73.2 Å². The van der Waals surface area contributed by atoms with Crippen LogP contribution >= 0.6 is 0 Å². The minimum Gasteiger partial charge on any atom is -0.481 e. The van der Waals surface area contributed by atoms with Crippen molar-refractivity contribution in [1.29, 1.82) is 0 Å². The molecule has 0 aromatic carbocycles. The van der Waals surface area contributed by atoms with Crippen LogP contribution in [0.1, 0.15) is 26.2 Å². The molecular weight excluding hydrogens is 156 g/mol. The minimum atomic E-state index is -0.833. The van der Waals surface area contributed by atoms with Crippen molar-refractivity contribution < 1.29 is 9.90 Å². The number of unbranched alkanes of at least 4 members (excludes halogenated alkanes) is 1. The molecule has 0 aromatic rings. The van der Waals surface area contributed by atoms with Crippen LogP contribution in [-0.4, -0.2) is 17.2 Å². The largest absolute Gasteiger partial charge is 0.481 e. The van der Waals surface area contributed by atoms with Gasteiger partial charge in [-0.2, -0.15) is 0 Å². The molecule has 0 radical (unpaired) electrons. The predicted octanol–water partition coefficient (Wildman–Crippen LogP) is 0.677. The SMILES string of the molecule is C=CCCCC(N)N.CC(=O)O. The molecule has 0 rings (SSSR count). The van der Waals surface area contributed by atoms with Crippen LogP contribution in [0.3, 0.4) is 0 Å². The standard InChI is InChI=1S/C6H14N2.C2H4O2/c1-2-3-4-5-6(7)8;1-2(3)4/h2,6H,1,3-5,7-8H2;1H3,(H,3,4). The average Bonchev–Trinajstić information content (AvgIpc) is 1.86. The van der Waals surface area contributed by atoms with Gasteiger partial charge < -0.3 is 16.6 Å². The first kappa shape index (κ1) is 13.7. The first-order valence-electron chi connectivity index (χ1n) is 3.82. The molecule has 0 aromatic heterocycles. The highest BCUT2D eigenvalue weighted by molar-refractivity contribution is 5.62. The van der Waals surface area contributed by atoms with E-state index in [-0.39, 0.29) is 6.17 Å². The van der Waals surface area contributed by atoms with Crippen LogP contribution in [0.15, 0.2) is 12.7 Å². The zero-order valence-electron chi connectivity index (χ0n) is 7.49. The van der Waals surface area contributed by atoms with Gasteiger partial charge in [-0.3, -0.25) is 4.79 Å². The number of carboxylic acid groups (broad SMARTS) is 1. The van der Waals surface area contributed by atoms with Gasteiger partial charge in [0.05, 0.1) is 6.17 Å². The van der Waals surface area contributed by atoms with E-state index in [9.17, 15) is 0 Å². The molecule has 0 aliphatic carbocycles. The number of hydrogen-bond donors (Lipinski definition) is 3.